The van der Waals surface area contributed by atoms with Crippen molar-refractivity contribution < 1.29 is 14.6 Å². The van der Waals surface area contributed by atoms with Gasteiger partial charge >= 0.3 is 0 Å². The molecule has 0 atom stereocenters. The highest BCUT2D eigenvalue weighted by molar-refractivity contribution is 8.03. The first kappa shape index (κ1) is 22.0. The lowest BCUT2D eigenvalue weighted by atomic mass is 9.95. The Kier molecular flexibility index (Phi) is 6.87. The van der Waals surface area contributed by atoms with Gasteiger partial charge in [0.1, 0.15) is 0 Å². The molecule has 0 spiro atoms. The Morgan fingerprint density at radius 3 is 2.41 bits per heavy atom. The van der Waals surface area contributed by atoms with E-state index in [2.05, 4.69) is 23.1 Å². The van der Waals surface area contributed by atoms with Crippen LogP contribution in [0.25, 0.3) is 6.08 Å². The molecule has 0 radical (unpaired) electrons. The molecule has 1 fully saturated rings. The molecule has 2 aliphatic rings. The summed E-state index contributed by atoms with van der Waals surface area (Å²) in [6, 6.07) is 14.0. The zero-order valence-electron chi connectivity index (χ0n) is 17.4. The fourth-order valence-corrected chi connectivity index (χ4v) is 5.24. The number of allylic oxidation sites excluding steroid dienone is 2. The van der Waals surface area contributed by atoms with E-state index in [9.17, 15) is 20.2 Å². The van der Waals surface area contributed by atoms with Gasteiger partial charge in [0, 0.05) is 24.1 Å². The predicted molar refractivity (Wildman–Crippen MR) is 123 cm³/mol. The average Bonchev–Trinajstić information content (AvgIpc) is 2.80. The first-order valence-electron chi connectivity index (χ1n) is 10.5. The minimum atomic E-state index is -0.610. The smallest absolute Gasteiger partial charge is 0.290 e. The molecular formula is C23H23N3O5S. The van der Waals surface area contributed by atoms with Gasteiger partial charge < -0.3 is 9.64 Å². The quantitative estimate of drug-likeness (QED) is 0.426. The second-order valence-electron chi connectivity index (χ2n) is 7.57. The Morgan fingerprint density at radius 1 is 0.969 bits per heavy atom. The summed E-state index contributed by atoms with van der Waals surface area (Å²) in [4.78, 5) is 25.4. The van der Waals surface area contributed by atoms with Crippen molar-refractivity contribution in [3.63, 3.8) is 0 Å². The lowest BCUT2D eigenvalue weighted by molar-refractivity contribution is -0.396. The molecule has 8 nitrogen and oxygen atoms in total. The van der Waals surface area contributed by atoms with E-state index in [-0.39, 0.29) is 11.4 Å². The second kappa shape index (κ2) is 9.97. The third-order valence-corrected chi connectivity index (χ3v) is 6.68. The highest BCUT2D eigenvalue weighted by Gasteiger charge is 2.27. The zero-order valence-corrected chi connectivity index (χ0v) is 18.3. The fourth-order valence-electron chi connectivity index (χ4n) is 3.99. The summed E-state index contributed by atoms with van der Waals surface area (Å²) < 4.78 is 5.54. The molecule has 0 aromatic heterocycles. The van der Waals surface area contributed by atoms with Crippen LogP contribution in [-0.4, -0.2) is 41.0 Å². The second-order valence-corrected chi connectivity index (χ2v) is 8.71. The standard InChI is InChI=1S/C23H23N3O5S/c27-25(28)19-9-10-21(20(16-19)26(29)30)32-22-8-4-7-18(15-17-5-2-1-3-6-17)23(22)24-11-13-31-14-12-24/h1-3,5-6,9-10,15-16H,4,7-8,11-14H2/b18-15-. The van der Waals surface area contributed by atoms with Gasteiger partial charge in [-0.25, -0.2) is 0 Å². The zero-order chi connectivity index (χ0) is 22.5. The van der Waals surface area contributed by atoms with Crippen LogP contribution in [0.3, 0.4) is 0 Å². The summed E-state index contributed by atoms with van der Waals surface area (Å²) >= 11 is 1.35. The maximum atomic E-state index is 11.6. The first-order chi connectivity index (χ1) is 15.5. The molecule has 0 bridgehead atoms. The van der Waals surface area contributed by atoms with Crippen LogP contribution in [-0.2, 0) is 4.74 Å². The average molecular weight is 454 g/mol. The molecule has 0 unspecified atom stereocenters. The predicted octanol–water partition coefficient (Wildman–Crippen LogP) is 5.41. The van der Waals surface area contributed by atoms with Crippen LogP contribution in [0.1, 0.15) is 24.8 Å². The van der Waals surface area contributed by atoms with Gasteiger partial charge in [-0.2, -0.15) is 0 Å². The lowest BCUT2D eigenvalue weighted by Gasteiger charge is -2.36. The normalized spacial score (nSPS) is 18.1. The van der Waals surface area contributed by atoms with Crippen molar-refractivity contribution in [2.24, 2.45) is 0 Å². The van der Waals surface area contributed by atoms with Crippen molar-refractivity contribution in [2.45, 2.75) is 24.2 Å². The number of hydrogen-bond acceptors (Lipinski definition) is 7. The topological polar surface area (TPSA) is 98.8 Å². The molecule has 1 aliphatic heterocycles. The number of nitrogens with zero attached hydrogens (tertiary/aromatic N) is 3. The van der Waals surface area contributed by atoms with E-state index in [1.54, 1.807) is 0 Å². The molecule has 4 rings (SSSR count). The molecule has 1 aliphatic carbocycles. The van der Waals surface area contributed by atoms with E-state index in [0.717, 1.165) is 54.6 Å². The maximum Gasteiger partial charge on any atom is 0.290 e. The Bertz CT molecular complexity index is 1080. The molecule has 9 heteroatoms. The summed E-state index contributed by atoms with van der Waals surface area (Å²) in [5.74, 6) is 0. The molecule has 0 N–H and O–H groups in total. The molecular weight excluding hydrogens is 430 g/mol. The third kappa shape index (κ3) is 5.00. The van der Waals surface area contributed by atoms with Crippen LogP contribution < -0.4 is 0 Å². The molecule has 1 saturated heterocycles. The van der Waals surface area contributed by atoms with Crippen molar-refractivity contribution in [3.05, 3.63) is 90.5 Å². The third-order valence-electron chi connectivity index (χ3n) is 5.47. The molecule has 2 aromatic rings. The highest BCUT2D eigenvalue weighted by Crippen LogP contribution is 2.45. The number of hydrogen-bond donors (Lipinski definition) is 0. The Balaban J connectivity index is 1.77. The van der Waals surface area contributed by atoms with Crippen molar-refractivity contribution >= 4 is 29.2 Å². The largest absolute Gasteiger partial charge is 0.378 e. The summed E-state index contributed by atoms with van der Waals surface area (Å²) in [6.07, 6.45) is 4.86. The maximum absolute atomic E-state index is 11.6. The molecule has 32 heavy (non-hydrogen) atoms. The molecule has 166 valence electrons. The fraction of sp³-hybridized carbons (Fsp3) is 0.304. The minimum absolute atomic E-state index is 0.239. The monoisotopic (exact) mass is 453 g/mol. The van der Waals surface area contributed by atoms with E-state index >= 15 is 0 Å². The number of thioether (sulfide) groups is 1. The van der Waals surface area contributed by atoms with Crippen molar-refractivity contribution in [1.82, 2.24) is 4.90 Å². The highest BCUT2D eigenvalue weighted by atomic mass is 32.2. The van der Waals surface area contributed by atoms with Gasteiger partial charge in [0.25, 0.3) is 11.4 Å². The number of non-ortho nitro benzene ring substituents is 1. The lowest BCUT2D eigenvalue weighted by Crippen LogP contribution is -2.37. The molecule has 1 heterocycles. The van der Waals surface area contributed by atoms with Crippen LogP contribution in [0, 0.1) is 20.2 Å². The Morgan fingerprint density at radius 2 is 1.72 bits per heavy atom. The van der Waals surface area contributed by atoms with Gasteiger partial charge in [0.2, 0.25) is 0 Å². The Labute approximate surface area is 189 Å². The summed E-state index contributed by atoms with van der Waals surface area (Å²) in [5.41, 5.74) is 2.91. The van der Waals surface area contributed by atoms with Gasteiger partial charge in [-0.1, -0.05) is 42.1 Å². The summed E-state index contributed by atoms with van der Waals surface area (Å²) in [7, 11) is 0. The Hall–Kier alpha value is -3.17. The van der Waals surface area contributed by atoms with Crippen LogP contribution in [0.4, 0.5) is 11.4 Å². The number of rotatable bonds is 6. The minimum Gasteiger partial charge on any atom is -0.378 e. The molecule has 0 saturated carbocycles. The SMILES string of the molecule is O=[N+]([O-])c1ccc(SC2=C(N3CCOCC3)/C(=C\c3ccccc3)CCC2)c([N+](=O)[O-])c1. The van der Waals surface area contributed by atoms with Crippen LogP contribution in [0.15, 0.2) is 69.6 Å². The number of nitro benzene ring substituents is 2. The van der Waals surface area contributed by atoms with Gasteiger partial charge in [-0.15, -0.1) is 0 Å². The van der Waals surface area contributed by atoms with E-state index in [0.29, 0.717) is 18.1 Å². The van der Waals surface area contributed by atoms with Crippen LogP contribution >= 0.6 is 11.8 Å². The number of ether oxygens (including phenoxy) is 1. The number of benzene rings is 2. The summed E-state index contributed by atoms with van der Waals surface area (Å²) in [6.45, 7) is 2.79. The van der Waals surface area contributed by atoms with E-state index < -0.39 is 9.85 Å². The van der Waals surface area contributed by atoms with E-state index in [1.807, 2.05) is 18.2 Å². The van der Waals surface area contributed by atoms with Crippen molar-refractivity contribution in [2.75, 3.05) is 26.3 Å². The number of morpholine rings is 1. The molecule has 2 aromatic carbocycles. The van der Waals surface area contributed by atoms with Crippen molar-refractivity contribution in [1.29, 1.82) is 0 Å². The van der Waals surface area contributed by atoms with Gasteiger partial charge in [0.15, 0.2) is 0 Å². The van der Waals surface area contributed by atoms with E-state index in [4.69, 9.17) is 4.74 Å². The van der Waals surface area contributed by atoms with E-state index in [1.165, 1.54) is 29.5 Å². The van der Waals surface area contributed by atoms with Crippen LogP contribution in [0.5, 0.6) is 0 Å². The first-order valence-corrected chi connectivity index (χ1v) is 11.3. The van der Waals surface area contributed by atoms with Crippen LogP contribution in [0.2, 0.25) is 0 Å². The van der Waals surface area contributed by atoms with Gasteiger partial charge in [0.05, 0.1) is 39.7 Å². The molecule has 0 amide bonds. The van der Waals surface area contributed by atoms with Gasteiger partial charge in [-0.3, -0.25) is 20.2 Å². The number of nitro groups is 2. The van der Waals surface area contributed by atoms with Gasteiger partial charge in [-0.05, 0) is 42.5 Å². The summed E-state index contributed by atoms with van der Waals surface area (Å²) in [5, 5.41) is 22.7. The van der Waals surface area contributed by atoms with Crippen molar-refractivity contribution in [3.8, 4) is 0 Å².